The number of hydrogen-bond acceptors (Lipinski definition) is 15. The lowest BCUT2D eigenvalue weighted by Crippen LogP contribution is -2.30. The molecule has 123 heavy (non-hydrogen) atoms. The van der Waals surface area contributed by atoms with E-state index < -0.39 is 104 Å². The van der Waals surface area contributed by atoms with E-state index in [1.807, 2.05) is 152 Å². The van der Waals surface area contributed by atoms with Crippen molar-refractivity contribution in [2.24, 2.45) is 0 Å². The van der Waals surface area contributed by atoms with Crippen LogP contribution in [0.3, 0.4) is 0 Å². The largest absolute Gasteiger partial charge is 0.534 e. The molecule has 0 bridgehead atoms. The number of fused-ring (bicyclic) bond motifs is 6. The standard InChI is InChI=1S/C39H27FN2O3.C32H20F4N2O6S.C26H17FN2O3.CH4/c40-30-21-18-27(19-22-30)25-42-38(43)33-31(23-20-26-11-4-1-5-12-26)32-17-10-24-41-35(32)37(34(33)39(42)44)45-36(28-13-6-2-7-14-28)29-15-8-3-9-16-29;33-22-15-13-19(14-16-22)18-38-30(39)24-25(31(38)40)29(43-27(20-8-3-1-4-9-20)21-10-5-2-6-11-21)26-23(12-7-17-37-26)28(24)44-45(41,42)32(34,35)36;27-18-11-8-17(9-12-18)15-29-25(31)21-19(13-10-16-5-2-1-3-6-16)20-7-4-14-28-23(20)24(30)22(21)26(29)32;/h1-24,36H,25H2;1-17,27H,18H2;1-14,30H,15H2;1H4/b23-20+;;13-10+;. The third kappa shape index (κ3) is 16.8. The topological polar surface area (TPSA) is 233 Å². The molecule has 3 aliphatic rings. The predicted octanol–water partition coefficient (Wildman–Crippen LogP) is 20.8. The summed E-state index contributed by atoms with van der Waals surface area (Å²) in [6.45, 7) is -0.460. The minimum atomic E-state index is -6.30. The summed E-state index contributed by atoms with van der Waals surface area (Å²) in [7, 11) is -6.30. The maximum atomic E-state index is 14.3. The molecule has 0 saturated heterocycles. The van der Waals surface area contributed by atoms with Crippen molar-refractivity contribution in [2.45, 2.75) is 44.8 Å². The lowest BCUT2D eigenvalue weighted by Gasteiger charge is -2.23. The van der Waals surface area contributed by atoms with Crippen LogP contribution in [0.15, 0.2) is 310 Å². The van der Waals surface area contributed by atoms with Crippen LogP contribution in [0.5, 0.6) is 23.0 Å². The monoisotopic (exact) mass is 1670 g/mol. The highest BCUT2D eigenvalue weighted by Gasteiger charge is 2.52. The molecule has 0 saturated carbocycles. The first-order valence-corrected chi connectivity index (χ1v) is 39.3. The molecule has 0 aliphatic carbocycles. The van der Waals surface area contributed by atoms with Gasteiger partial charge in [-0.1, -0.05) is 262 Å². The molecule has 12 aromatic carbocycles. The van der Waals surface area contributed by atoms with E-state index in [9.17, 15) is 68.6 Å². The zero-order chi connectivity index (χ0) is 84.9. The maximum Gasteiger partial charge on any atom is 0.534 e. The zero-order valence-electron chi connectivity index (χ0n) is 63.8. The smallest absolute Gasteiger partial charge is 0.505 e. The van der Waals surface area contributed by atoms with Gasteiger partial charge in [-0.15, -0.1) is 0 Å². The maximum absolute atomic E-state index is 14.3. The number of ether oxygens (including phenoxy) is 2. The zero-order valence-corrected chi connectivity index (χ0v) is 64.6. The molecular formula is C98H68F6N6O12S. The minimum absolute atomic E-state index is 0. The van der Waals surface area contributed by atoms with E-state index in [2.05, 4.69) is 14.2 Å². The fourth-order valence-electron chi connectivity index (χ4n) is 14.7. The van der Waals surface area contributed by atoms with Crippen LogP contribution in [0.1, 0.15) is 143 Å². The second kappa shape index (κ2) is 35.2. The fourth-order valence-corrected chi connectivity index (χ4v) is 15.2. The second-order valence-corrected chi connectivity index (χ2v) is 29.7. The summed E-state index contributed by atoms with van der Waals surface area (Å²) in [5.74, 6) is -6.92. The normalized spacial score (nSPS) is 13.1. The first kappa shape index (κ1) is 82.6. The van der Waals surface area contributed by atoms with Gasteiger partial charge < -0.3 is 18.8 Å². The Morgan fingerprint density at radius 2 is 0.626 bits per heavy atom. The van der Waals surface area contributed by atoms with Crippen LogP contribution < -0.4 is 13.7 Å². The SMILES string of the molecule is C.O=C1c2c(c(O)c3ncccc3c2/C=C/c2ccccc2)C(=O)N1Cc1ccc(F)cc1.O=C1c2c(c(OC(c3ccccc3)c3ccccc3)c3ncccc3c2/C=C/c2ccccc2)C(=O)N1Cc1ccc(F)cc1.O=C1c2c(c(OC(c3ccccc3)c3ccccc3)c3ncccc3c2OS(=O)(=O)C(F)(F)F)C(=O)N1Cc1ccc(F)cc1. The summed E-state index contributed by atoms with van der Waals surface area (Å²) in [5.41, 5.74) is 1.42. The van der Waals surface area contributed by atoms with Crippen molar-refractivity contribution in [1.82, 2.24) is 29.7 Å². The number of aromatic nitrogens is 3. The molecule has 18 rings (SSSR count). The van der Waals surface area contributed by atoms with Gasteiger partial charge >= 0.3 is 15.6 Å². The van der Waals surface area contributed by atoms with Gasteiger partial charge in [0, 0.05) is 34.7 Å². The summed E-state index contributed by atoms with van der Waals surface area (Å²) in [6, 6.07) is 82.3. The second-order valence-electron chi connectivity index (χ2n) is 28.2. The van der Waals surface area contributed by atoms with Gasteiger partial charge in [0.05, 0.1) is 41.9 Å². The first-order chi connectivity index (χ1) is 59.1. The van der Waals surface area contributed by atoms with Crippen LogP contribution in [0.25, 0.3) is 57.0 Å². The van der Waals surface area contributed by atoms with Gasteiger partial charge in [0.2, 0.25) is 0 Å². The van der Waals surface area contributed by atoms with E-state index in [0.717, 1.165) is 39.3 Å². The minimum Gasteiger partial charge on any atom is -0.505 e. The Bertz CT molecular complexity index is 6690. The Hall–Kier alpha value is -15.5. The van der Waals surface area contributed by atoms with Crippen molar-refractivity contribution >= 4 is 103 Å². The Morgan fingerprint density at radius 1 is 0.341 bits per heavy atom. The van der Waals surface area contributed by atoms with Gasteiger partial charge in [0.1, 0.15) is 57.3 Å². The van der Waals surface area contributed by atoms with Crippen LogP contribution in [0, 0.1) is 17.5 Å². The van der Waals surface area contributed by atoms with Crippen molar-refractivity contribution in [2.75, 3.05) is 0 Å². The Labute approximate surface area is 700 Å². The van der Waals surface area contributed by atoms with E-state index in [1.54, 1.807) is 97.2 Å². The van der Waals surface area contributed by atoms with E-state index >= 15 is 0 Å². The van der Waals surface area contributed by atoms with Gasteiger partial charge in [-0.25, -0.2) is 13.2 Å². The molecule has 25 heteroatoms. The molecule has 1 N–H and O–H groups in total. The number of rotatable bonds is 20. The molecule has 6 heterocycles. The molecule has 0 atom stereocenters. The molecule has 0 fully saturated rings. The summed E-state index contributed by atoms with van der Waals surface area (Å²) in [4.78, 5) is 99.1. The van der Waals surface area contributed by atoms with Gasteiger partial charge in [-0.3, -0.25) is 58.4 Å². The number of alkyl halides is 3. The Morgan fingerprint density at radius 3 is 0.984 bits per heavy atom. The number of carbonyl (C=O) groups excluding carboxylic acids is 6. The third-order valence-corrected chi connectivity index (χ3v) is 21.4. The van der Waals surface area contributed by atoms with Crippen molar-refractivity contribution < 1.29 is 82.3 Å². The molecule has 6 amide bonds. The van der Waals surface area contributed by atoms with Crippen molar-refractivity contribution in [3.63, 3.8) is 0 Å². The molecule has 0 spiro atoms. The summed E-state index contributed by atoms with van der Waals surface area (Å²) in [6.07, 6.45) is 10.4. The van der Waals surface area contributed by atoms with Crippen molar-refractivity contribution in [3.8, 4) is 23.0 Å². The van der Waals surface area contributed by atoms with E-state index in [-0.39, 0.29) is 76.4 Å². The number of carbonyl (C=O) groups is 6. The first-order valence-electron chi connectivity index (χ1n) is 37.9. The average Bonchev–Trinajstić information content (AvgIpc) is 1.62. The highest BCUT2D eigenvalue weighted by atomic mass is 32.2. The summed E-state index contributed by atoms with van der Waals surface area (Å²) in [5, 5.41) is 11.8. The van der Waals surface area contributed by atoms with Crippen molar-refractivity contribution in [1.29, 1.82) is 0 Å². The lowest BCUT2D eigenvalue weighted by molar-refractivity contribution is -0.0500. The molecule has 610 valence electrons. The number of phenols is 1. The van der Waals surface area contributed by atoms with Crippen LogP contribution >= 0.6 is 0 Å². The number of benzene rings is 12. The predicted molar refractivity (Wildman–Crippen MR) is 452 cm³/mol. The van der Waals surface area contributed by atoms with Crippen molar-refractivity contribution in [3.05, 3.63) is 422 Å². The number of amides is 6. The number of halogens is 6. The molecule has 18 nitrogen and oxygen atoms in total. The quantitative estimate of drug-likeness (QED) is 0.0246. The number of imide groups is 3. The van der Waals surface area contributed by atoms with Gasteiger partial charge in [-0.05, 0) is 122 Å². The van der Waals surface area contributed by atoms with Crippen LogP contribution in [-0.2, 0) is 29.8 Å². The molecule has 0 unspecified atom stereocenters. The van der Waals surface area contributed by atoms with Gasteiger partial charge in [0.15, 0.2) is 23.0 Å². The van der Waals surface area contributed by atoms with Crippen LogP contribution in [0.2, 0.25) is 0 Å². The lowest BCUT2D eigenvalue weighted by atomic mass is 9.94. The number of pyridine rings is 3. The number of hydrogen-bond donors (Lipinski definition) is 1. The van der Waals surface area contributed by atoms with Gasteiger partial charge in [-0.2, -0.15) is 21.6 Å². The highest BCUT2D eigenvalue weighted by molar-refractivity contribution is 7.88. The summed E-state index contributed by atoms with van der Waals surface area (Å²) >= 11 is 0. The molecule has 3 aliphatic heterocycles. The average molecular weight is 1670 g/mol. The van der Waals surface area contributed by atoms with E-state index in [0.29, 0.717) is 60.1 Å². The molecule has 15 aromatic rings. The number of nitrogens with zero attached hydrogens (tertiary/aromatic N) is 6. The Kier molecular flexibility index (Phi) is 23.6. The molecule has 3 aromatic heterocycles. The van der Waals surface area contributed by atoms with Gasteiger partial charge in [0.25, 0.3) is 35.4 Å². The number of phenolic OH excluding ortho intramolecular Hbond substituents is 1. The highest BCUT2D eigenvalue weighted by Crippen LogP contribution is 2.50. The van der Waals surface area contributed by atoms with E-state index in [4.69, 9.17) is 14.5 Å². The molecule has 0 radical (unpaired) electrons. The summed E-state index contributed by atoms with van der Waals surface area (Å²) < 4.78 is 123. The van der Waals surface area contributed by atoms with Crippen LogP contribution in [0.4, 0.5) is 26.3 Å². The third-order valence-electron chi connectivity index (χ3n) is 20.5. The Balaban J connectivity index is 0.000000145. The number of aromatic hydroxyl groups is 1. The molecular weight excluding hydrogens is 1600 g/mol. The van der Waals surface area contributed by atoms with E-state index in [1.165, 1.54) is 78.0 Å². The van der Waals surface area contributed by atoms with Crippen LogP contribution in [-0.4, -0.2) is 84.1 Å². The fraction of sp³-hybridized carbons (Fsp3) is 0.0714.